The number of carboxylic acid groups (broad SMARTS) is 1. The molecule has 20 heavy (non-hydrogen) atoms. The van der Waals surface area contributed by atoms with Crippen LogP contribution in [0.2, 0.25) is 0 Å². The highest BCUT2D eigenvalue weighted by Gasteiger charge is 2.19. The lowest BCUT2D eigenvalue weighted by molar-refractivity contribution is -0.131. The second kappa shape index (κ2) is 7.22. The summed E-state index contributed by atoms with van der Waals surface area (Å²) in [5, 5.41) is 8.59. The third kappa shape index (κ3) is 4.47. The molecule has 0 aliphatic carbocycles. The van der Waals surface area contributed by atoms with E-state index in [0.29, 0.717) is 6.10 Å². The molecule has 4 heteroatoms. The monoisotopic (exact) mass is 275 g/mol. The third-order valence-electron chi connectivity index (χ3n) is 3.60. The van der Waals surface area contributed by atoms with Crippen LogP contribution in [0.4, 0.5) is 0 Å². The van der Waals surface area contributed by atoms with E-state index in [1.165, 1.54) is 12.0 Å². The molecule has 1 aromatic rings. The Hall–Kier alpha value is -1.65. The summed E-state index contributed by atoms with van der Waals surface area (Å²) in [5.41, 5.74) is 2.15. The van der Waals surface area contributed by atoms with Gasteiger partial charge in [0.25, 0.3) is 0 Å². The number of benzene rings is 1. The smallest absolute Gasteiger partial charge is 0.328 e. The van der Waals surface area contributed by atoms with E-state index in [1.807, 2.05) is 12.1 Å². The summed E-state index contributed by atoms with van der Waals surface area (Å²) in [7, 11) is 1.78. The molecule has 0 aromatic heterocycles. The first-order chi connectivity index (χ1) is 9.67. The van der Waals surface area contributed by atoms with Crippen LogP contribution in [0.15, 0.2) is 30.3 Å². The van der Waals surface area contributed by atoms with Crippen molar-refractivity contribution >= 4 is 12.0 Å². The number of methoxy groups -OCH3 is 1. The number of nitrogens with zero attached hydrogens (tertiary/aromatic N) is 1. The maximum absolute atomic E-state index is 10.5. The molecule has 108 valence electrons. The highest BCUT2D eigenvalue weighted by molar-refractivity contribution is 5.85. The summed E-state index contributed by atoms with van der Waals surface area (Å²) in [4.78, 5) is 12.9. The number of hydrogen-bond acceptors (Lipinski definition) is 3. The van der Waals surface area contributed by atoms with Gasteiger partial charge < -0.3 is 9.84 Å². The zero-order valence-electron chi connectivity index (χ0n) is 11.8. The Kier molecular flexibility index (Phi) is 5.32. The summed E-state index contributed by atoms with van der Waals surface area (Å²) in [5.74, 6) is -0.923. The number of hydrogen-bond donors (Lipinski definition) is 1. The minimum Gasteiger partial charge on any atom is -0.478 e. The van der Waals surface area contributed by atoms with Crippen LogP contribution in [0.25, 0.3) is 6.08 Å². The Morgan fingerprint density at radius 1 is 1.45 bits per heavy atom. The van der Waals surface area contributed by atoms with Crippen molar-refractivity contribution in [3.05, 3.63) is 41.5 Å². The minimum atomic E-state index is -0.923. The van der Waals surface area contributed by atoms with E-state index in [1.54, 1.807) is 13.2 Å². The van der Waals surface area contributed by atoms with Crippen LogP contribution in [0.5, 0.6) is 0 Å². The van der Waals surface area contributed by atoms with Gasteiger partial charge in [-0.1, -0.05) is 24.3 Å². The predicted molar refractivity (Wildman–Crippen MR) is 78.4 cm³/mol. The van der Waals surface area contributed by atoms with Gasteiger partial charge in [-0.3, -0.25) is 4.90 Å². The molecular formula is C16H21NO3. The number of carboxylic acids is 1. The molecule has 1 heterocycles. The molecule has 0 amide bonds. The van der Waals surface area contributed by atoms with Crippen LogP contribution in [-0.4, -0.2) is 42.3 Å². The first-order valence-electron chi connectivity index (χ1n) is 6.92. The fraction of sp³-hybridized carbons (Fsp3) is 0.438. The van der Waals surface area contributed by atoms with Gasteiger partial charge in [0.2, 0.25) is 0 Å². The molecule has 0 spiro atoms. The SMILES string of the molecule is COC1CCCN(Cc2ccc(/C=C/C(=O)O)cc2)C1. The third-order valence-corrected chi connectivity index (χ3v) is 3.60. The number of rotatable bonds is 5. The number of piperidine rings is 1. The standard InChI is InChI=1S/C16H21NO3/c1-20-15-3-2-10-17(12-15)11-14-6-4-13(5-7-14)8-9-16(18)19/h4-9,15H,2-3,10-12H2,1H3,(H,18,19)/b9-8+. The van der Waals surface area contributed by atoms with Gasteiger partial charge in [0.05, 0.1) is 6.10 Å². The molecule has 1 saturated heterocycles. The topological polar surface area (TPSA) is 49.8 Å². The normalized spacial score (nSPS) is 20.4. The first-order valence-corrected chi connectivity index (χ1v) is 6.92. The summed E-state index contributed by atoms with van der Waals surface area (Å²) in [6.07, 6.45) is 5.43. The molecule has 1 unspecified atom stereocenters. The second-order valence-corrected chi connectivity index (χ2v) is 5.15. The van der Waals surface area contributed by atoms with Gasteiger partial charge in [0, 0.05) is 26.3 Å². The lowest BCUT2D eigenvalue weighted by Gasteiger charge is -2.31. The molecule has 1 N–H and O–H groups in total. The average Bonchev–Trinajstić information content (AvgIpc) is 2.47. The zero-order chi connectivity index (χ0) is 14.4. The van der Waals surface area contributed by atoms with Crippen LogP contribution in [0, 0.1) is 0 Å². The van der Waals surface area contributed by atoms with E-state index < -0.39 is 5.97 Å². The summed E-state index contributed by atoms with van der Waals surface area (Å²) in [6.45, 7) is 3.01. The quantitative estimate of drug-likeness (QED) is 0.838. The maximum atomic E-state index is 10.5. The van der Waals surface area contributed by atoms with Crippen molar-refractivity contribution in [2.45, 2.75) is 25.5 Å². The number of likely N-dealkylation sites (tertiary alicyclic amines) is 1. The molecule has 0 saturated carbocycles. The van der Waals surface area contributed by atoms with Gasteiger partial charge in [-0.25, -0.2) is 4.79 Å². The Balaban J connectivity index is 1.91. The van der Waals surface area contributed by atoms with Crippen LogP contribution >= 0.6 is 0 Å². The van der Waals surface area contributed by atoms with Crippen LogP contribution in [0.3, 0.4) is 0 Å². The van der Waals surface area contributed by atoms with Gasteiger partial charge in [0.15, 0.2) is 0 Å². The van der Waals surface area contributed by atoms with Crippen molar-refractivity contribution < 1.29 is 14.6 Å². The molecule has 2 rings (SSSR count). The second-order valence-electron chi connectivity index (χ2n) is 5.15. The van der Waals surface area contributed by atoms with E-state index in [4.69, 9.17) is 9.84 Å². The molecule has 4 nitrogen and oxygen atoms in total. The van der Waals surface area contributed by atoms with Crippen molar-refractivity contribution in [1.82, 2.24) is 4.90 Å². The summed E-state index contributed by atoms with van der Waals surface area (Å²) >= 11 is 0. The predicted octanol–water partition coefficient (Wildman–Crippen LogP) is 2.40. The van der Waals surface area contributed by atoms with E-state index >= 15 is 0 Å². The van der Waals surface area contributed by atoms with E-state index in [9.17, 15) is 4.79 Å². The summed E-state index contributed by atoms with van der Waals surface area (Å²) < 4.78 is 5.43. The van der Waals surface area contributed by atoms with Crippen LogP contribution in [0.1, 0.15) is 24.0 Å². The highest BCUT2D eigenvalue weighted by Crippen LogP contribution is 2.16. The zero-order valence-corrected chi connectivity index (χ0v) is 11.8. The average molecular weight is 275 g/mol. The lowest BCUT2D eigenvalue weighted by atomic mass is 10.1. The van der Waals surface area contributed by atoms with Crippen molar-refractivity contribution in [2.24, 2.45) is 0 Å². The number of carbonyl (C=O) groups is 1. The Labute approximate surface area is 119 Å². The van der Waals surface area contributed by atoms with Gasteiger partial charge >= 0.3 is 5.97 Å². The fourth-order valence-electron chi connectivity index (χ4n) is 2.51. The largest absolute Gasteiger partial charge is 0.478 e. The van der Waals surface area contributed by atoms with Gasteiger partial charge in [0.1, 0.15) is 0 Å². The Morgan fingerprint density at radius 3 is 2.85 bits per heavy atom. The molecule has 1 aromatic carbocycles. The Morgan fingerprint density at radius 2 is 2.20 bits per heavy atom. The molecule has 1 fully saturated rings. The van der Waals surface area contributed by atoms with Gasteiger partial charge in [-0.15, -0.1) is 0 Å². The van der Waals surface area contributed by atoms with Crippen LogP contribution < -0.4 is 0 Å². The van der Waals surface area contributed by atoms with Gasteiger partial charge in [-0.2, -0.15) is 0 Å². The number of ether oxygens (including phenoxy) is 1. The van der Waals surface area contributed by atoms with E-state index in [2.05, 4.69) is 17.0 Å². The molecule has 1 atom stereocenters. The first kappa shape index (κ1) is 14.8. The molecule has 0 bridgehead atoms. The lowest BCUT2D eigenvalue weighted by Crippen LogP contribution is -2.38. The van der Waals surface area contributed by atoms with Crippen LogP contribution in [-0.2, 0) is 16.1 Å². The Bertz CT molecular complexity index is 467. The molecular weight excluding hydrogens is 254 g/mol. The fourth-order valence-corrected chi connectivity index (χ4v) is 2.51. The van der Waals surface area contributed by atoms with Crippen molar-refractivity contribution in [3.63, 3.8) is 0 Å². The van der Waals surface area contributed by atoms with Crippen molar-refractivity contribution in [2.75, 3.05) is 20.2 Å². The molecule has 1 aliphatic heterocycles. The molecule has 0 radical (unpaired) electrons. The number of aliphatic carboxylic acids is 1. The van der Waals surface area contributed by atoms with Crippen molar-refractivity contribution in [3.8, 4) is 0 Å². The van der Waals surface area contributed by atoms with Gasteiger partial charge in [-0.05, 0) is 36.6 Å². The molecule has 1 aliphatic rings. The maximum Gasteiger partial charge on any atom is 0.328 e. The van der Waals surface area contributed by atoms with E-state index in [0.717, 1.165) is 37.7 Å². The van der Waals surface area contributed by atoms with E-state index in [-0.39, 0.29) is 0 Å². The minimum absolute atomic E-state index is 0.349. The van der Waals surface area contributed by atoms with Crippen molar-refractivity contribution in [1.29, 1.82) is 0 Å². The summed E-state index contributed by atoms with van der Waals surface area (Å²) in [6, 6.07) is 8.01. The highest BCUT2D eigenvalue weighted by atomic mass is 16.5.